The summed E-state index contributed by atoms with van der Waals surface area (Å²) in [6.07, 6.45) is 6.72. The number of pyridine rings is 1. The molecule has 0 aromatic carbocycles. The first-order chi connectivity index (χ1) is 10.5. The number of ether oxygens (including phenoxy) is 1. The molecule has 118 valence electrons. The Morgan fingerprint density at radius 1 is 1.32 bits per heavy atom. The normalized spacial score (nSPS) is 12.4. The van der Waals surface area contributed by atoms with Crippen molar-refractivity contribution in [2.45, 2.75) is 40.2 Å². The fraction of sp³-hybridized carbons (Fsp3) is 0.471. The molecule has 2 rings (SSSR count). The Labute approximate surface area is 131 Å². The van der Waals surface area contributed by atoms with Gasteiger partial charge < -0.3 is 4.74 Å². The monoisotopic (exact) mass is 301 g/mol. The predicted octanol–water partition coefficient (Wildman–Crippen LogP) is 3.38. The lowest BCUT2D eigenvalue weighted by Crippen LogP contribution is -2.11. The van der Waals surface area contributed by atoms with Gasteiger partial charge >= 0.3 is 5.97 Å². The van der Waals surface area contributed by atoms with E-state index in [1.165, 1.54) is 0 Å². The molecule has 2 aromatic heterocycles. The molecule has 0 radical (unpaired) electrons. The lowest BCUT2D eigenvalue weighted by molar-refractivity contribution is -0.146. The summed E-state index contributed by atoms with van der Waals surface area (Å²) in [5.74, 6) is 1.52. The van der Waals surface area contributed by atoms with Gasteiger partial charge in [0.15, 0.2) is 5.82 Å². The standard InChI is InChI=1S/C17H23N3O2/c1-13(2)9-14(3)10-17(21)22-12-15-5-7-18-16(11-15)20-8-4-6-19-20/h4-8,11,13-14H,9-10,12H2,1-3H3. The molecule has 22 heavy (non-hydrogen) atoms. The van der Waals surface area contributed by atoms with Crippen molar-refractivity contribution in [1.82, 2.24) is 14.8 Å². The Kier molecular flexibility index (Phi) is 5.69. The number of hydrogen-bond acceptors (Lipinski definition) is 4. The van der Waals surface area contributed by atoms with Crippen molar-refractivity contribution >= 4 is 5.97 Å². The molecule has 1 atom stereocenters. The molecule has 5 heteroatoms. The van der Waals surface area contributed by atoms with Crippen LogP contribution in [0.4, 0.5) is 0 Å². The maximum absolute atomic E-state index is 11.9. The minimum absolute atomic E-state index is 0.148. The second-order valence-corrected chi connectivity index (χ2v) is 6.07. The van der Waals surface area contributed by atoms with Gasteiger partial charge in [0, 0.05) is 25.0 Å². The highest BCUT2D eigenvalue weighted by Gasteiger charge is 2.12. The number of carbonyl (C=O) groups excluding carboxylic acids is 1. The van der Waals surface area contributed by atoms with E-state index in [9.17, 15) is 4.79 Å². The summed E-state index contributed by atoms with van der Waals surface area (Å²) in [5.41, 5.74) is 0.908. The average Bonchev–Trinajstić information content (AvgIpc) is 2.98. The fourth-order valence-corrected chi connectivity index (χ4v) is 2.48. The van der Waals surface area contributed by atoms with Gasteiger partial charge in [-0.25, -0.2) is 9.67 Å². The van der Waals surface area contributed by atoms with Crippen LogP contribution in [0, 0.1) is 11.8 Å². The maximum atomic E-state index is 11.9. The van der Waals surface area contributed by atoms with Crippen LogP contribution in [0.3, 0.4) is 0 Å². The zero-order chi connectivity index (χ0) is 15.9. The van der Waals surface area contributed by atoms with Crippen LogP contribution in [-0.4, -0.2) is 20.7 Å². The van der Waals surface area contributed by atoms with Crippen LogP contribution in [0.2, 0.25) is 0 Å². The van der Waals surface area contributed by atoms with Crippen LogP contribution in [0.5, 0.6) is 0 Å². The van der Waals surface area contributed by atoms with E-state index in [1.54, 1.807) is 17.1 Å². The quantitative estimate of drug-likeness (QED) is 0.736. The SMILES string of the molecule is CC(C)CC(C)CC(=O)OCc1ccnc(-n2cccn2)c1. The van der Waals surface area contributed by atoms with E-state index < -0.39 is 0 Å². The molecule has 0 bridgehead atoms. The molecule has 1 unspecified atom stereocenters. The van der Waals surface area contributed by atoms with Crippen molar-refractivity contribution in [2.24, 2.45) is 11.8 Å². The molecule has 0 saturated heterocycles. The Bertz CT molecular complexity index is 594. The Morgan fingerprint density at radius 3 is 2.82 bits per heavy atom. The van der Waals surface area contributed by atoms with Gasteiger partial charge in [0.25, 0.3) is 0 Å². The summed E-state index contributed by atoms with van der Waals surface area (Å²) in [4.78, 5) is 16.1. The minimum atomic E-state index is -0.148. The van der Waals surface area contributed by atoms with E-state index in [0.29, 0.717) is 24.1 Å². The molecule has 0 saturated carbocycles. The maximum Gasteiger partial charge on any atom is 0.306 e. The largest absolute Gasteiger partial charge is 0.461 e. The van der Waals surface area contributed by atoms with Crippen LogP contribution in [0.1, 0.15) is 39.2 Å². The molecule has 0 aliphatic carbocycles. The number of carbonyl (C=O) groups is 1. The third kappa shape index (κ3) is 4.98. The van der Waals surface area contributed by atoms with Gasteiger partial charge in [0.05, 0.1) is 0 Å². The molecule has 0 fully saturated rings. The second-order valence-electron chi connectivity index (χ2n) is 6.07. The first kappa shape index (κ1) is 16.2. The number of nitrogens with zero attached hydrogens (tertiary/aromatic N) is 3. The average molecular weight is 301 g/mol. The van der Waals surface area contributed by atoms with Crippen LogP contribution >= 0.6 is 0 Å². The summed E-state index contributed by atoms with van der Waals surface area (Å²) in [6.45, 7) is 6.68. The first-order valence-electron chi connectivity index (χ1n) is 7.65. The lowest BCUT2D eigenvalue weighted by Gasteiger charge is -2.13. The molecule has 2 aromatic rings. The van der Waals surface area contributed by atoms with Crippen molar-refractivity contribution in [1.29, 1.82) is 0 Å². The first-order valence-corrected chi connectivity index (χ1v) is 7.65. The molecule has 0 aliphatic rings. The molecule has 0 aliphatic heterocycles. The van der Waals surface area contributed by atoms with Gasteiger partial charge in [-0.15, -0.1) is 0 Å². The Balaban J connectivity index is 1.86. The van der Waals surface area contributed by atoms with E-state index in [2.05, 4.69) is 30.9 Å². The van der Waals surface area contributed by atoms with Gasteiger partial charge in [0.1, 0.15) is 6.61 Å². The van der Waals surface area contributed by atoms with Gasteiger partial charge in [-0.05, 0) is 42.0 Å². The number of hydrogen-bond donors (Lipinski definition) is 0. The highest BCUT2D eigenvalue weighted by molar-refractivity contribution is 5.69. The van der Waals surface area contributed by atoms with Crippen molar-refractivity contribution in [3.63, 3.8) is 0 Å². The lowest BCUT2D eigenvalue weighted by atomic mass is 9.96. The third-order valence-electron chi connectivity index (χ3n) is 3.34. The van der Waals surface area contributed by atoms with Crippen LogP contribution in [0.15, 0.2) is 36.8 Å². The molecule has 0 amide bonds. The number of rotatable bonds is 7. The van der Waals surface area contributed by atoms with Crippen molar-refractivity contribution in [2.75, 3.05) is 0 Å². The van der Waals surface area contributed by atoms with Gasteiger partial charge in [-0.3, -0.25) is 4.79 Å². The highest BCUT2D eigenvalue weighted by Crippen LogP contribution is 2.16. The third-order valence-corrected chi connectivity index (χ3v) is 3.34. The molecular formula is C17H23N3O2. The van der Waals surface area contributed by atoms with Gasteiger partial charge in [-0.1, -0.05) is 20.8 Å². The summed E-state index contributed by atoms with van der Waals surface area (Å²) < 4.78 is 7.03. The molecule has 0 N–H and O–H groups in total. The zero-order valence-corrected chi connectivity index (χ0v) is 13.4. The van der Waals surface area contributed by atoms with E-state index >= 15 is 0 Å². The molecule has 2 heterocycles. The highest BCUT2D eigenvalue weighted by atomic mass is 16.5. The minimum Gasteiger partial charge on any atom is -0.461 e. The van der Waals surface area contributed by atoms with Crippen molar-refractivity contribution in [3.05, 3.63) is 42.4 Å². The fourth-order valence-electron chi connectivity index (χ4n) is 2.48. The predicted molar refractivity (Wildman–Crippen MR) is 84.4 cm³/mol. The summed E-state index contributed by atoms with van der Waals surface area (Å²) in [6, 6.07) is 5.56. The Hall–Kier alpha value is -2.17. The van der Waals surface area contributed by atoms with Crippen LogP contribution < -0.4 is 0 Å². The number of esters is 1. The molecule has 5 nitrogen and oxygen atoms in total. The summed E-state index contributed by atoms with van der Waals surface area (Å²) in [7, 11) is 0. The number of aromatic nitrogens is 3. The van der Waals surface area contributed by atoms with E-state index in [0.717, 1.165) is 12.0 Å². The summed E-state index contributed by atoms with van der Waals surface area (Å²) in [5, 5.41) is 4.14. The van der Waals surface area contributed by atoms with Crippen LogP contribution in [-0.2, 0) is 16.1 Å². The summed E-state index contributed by atoms with van der Waals surface area (Å²) >= 11 is 0. The van der Waals surface area contributed by atoms with Gasteiger partial charge in [0.2, 0.25) is 0 Å². The molecule has 0 spiro atoms. The molecular weight excluding hydrogens is 278 g/mol. The van der Waals surface area contributed by atoms with E-state index in [1.807, 2.05) is 24.4 Å². The van der Waals surface area contributed by atoms with E-state index in [4.69, 9.17) is 4.74 Å². The Morgan fingerprint density at radius 2 is 2.14 bits per heavy atom. The smallest absolute Gasteiger partial charge is 0.306 e. The zero-order valence-electron chi connectivity index (χ0n) is 13.4. The van der Waals surface area contributed by atoms with Crippen molar-refractivity contribution < 1.29 is 9.53 Å². The topological polar surface area (TPSA) is 57.0 Å². The van der Waals surface area contributed by atoms with Crippen molar-refractivity contribution in [3.8, 4) is 5.82 Å². The van der Waals surface area contributed by atoms with Gasteiger partial charge in [-0.2, -0.15) is 5.10 Å². The second kappa shape index (κ2) is 7.73. The van der Waals surface area contributed by atoms with E-state index in [-0.39, 0.29) is 12.6 Å². The van der Waals surface area contributed by atoms with Crippen LogP contribution in [0.25, 0.3) is 5.82 Å².